The Labute approximate surface area is 156 Å². The maximum atomic E-state index is 12.0. The van der Waals surface area contributed by atoms with Gasteiger partial charge in [0.25, 0.3) is 0 Å². The molecule has 0 unspecified atom stereocenters. The van der Waals surface area contributed by atoms with E-state index in [4.69, 9.17) is 11.6 Å². The zero-order valence-corrected chi connectivity index (χ0v) is 14.9. The summed E-state index contributed by atoms with van der Waals surface area (Å²) in [6, 6.07) is 8.47. The van der Waals surface area contributed by atoms with E-state index in [0.717, 1.165) is 31.9 Å². The Morgan fingerprint density at radius 1 is 1.12 bits per heavy atom. The molecule has 1 aromatic heterocycles. The number of hydrogen-bond donors (Lipinski definition) is 2. The molecule has 0 aliphatic carbocycles. The highest BCUT2D eigenvalue weighted by Crippen LogP contribution is 2.19. The molecule has 1 aliphatic heterocycles. The molecule has 2 aromatic rings. The molecule has 0 spiro atoms. The second-order valence-corrected chi connectivity index (χ2v) is 6.59. The Balaban J connectivity index is 1.42. The van der Waals surface area contributed by atoms with Crippen molar-refractivity contribution in [2.24, 2.45) is 5.92 Å². The molecular weight excluding hydrogens is 354 g/mol. The summed E-state index contributed by atoms with van der Waals surface area (Å²) >= 11 is 5.86. The molecule has 1 saturated heterocycles. The van der Waals surface area contributed by atoms with Gasteiger partial charge in [0.1, 0.15) is 0 Å². The molecule has 8 heteroatoms. The molecule has 26 heavy (non-hydrogen) atoms. The van der Waals surface area contributed by atoms with E-state index < -0.39 is 11.8 Å². The van der Waals surface area contributed by atoms with Gasteiger partial charge < -0.3 is 15.5 Å². The van der Waals surface area contributed by atoms with Crippen molar-refractivity contribution in [3.8, 4) is 0 Å². The second-order valence-electron chi connectivity index (χ2n) is 6.15. The van der Waals surface area contributed by atoms with E-state index in [1.54, 1.807) is 42.7 Å². The van der Waals surface area contributed by atoms with Crippen molar-refractivity contribution in [1.82, 2.24) is 15.3 Å². The summed E-state index contributed by atoms with van der Waals surface area (Å²) in [6.07, 6.45) is 5.28. The van der Waals surface area contributed by atoms with Crippen LogP contribution >= 0.6 is 11.6 Å². The topological polar surface area (TPSA) is 87.2 Å². The van der Waals surface area contributed by atoms with Gasteiger partial charge in [0, 0.05) is 42.7 Å². The molecule has 2 amide bonds. The van der Waals surface area contributed by atoms with Crippen LogP contribution in [0.4, 0.5) is 11.6 Å². The SMILES string of the molecule is O=C(NCC1CCN(c2ncccn2)CC1)C(=O)Nc1cccc(Cl)c1. The number of amides is 2. The third-order valence-corrected chi connectivity index (χ3v) is 4.52. The van der Waals surface area contributed by atoms with Crippen LogP contribution < -0.4 is 15.5 Å². The number of carbonyl (C=O) groups excluding carboxylic acids is 2. The van der Waals surface area contributed by atoms with Gasteiger partial charge in [-0.1, -0.05) is 17.7 Å². The van der Waals surface area contributed by atoms with Crippen LogP contribution in [0.25, 0.3) is 0 Å². The largest absolute Gasteiger partial charge is 0.348 e. The number of nitrogens with one attached hydrogen (secondary N) is 2. The summed E-state index contributed by atoms with van der Waals surface area (Å²) in [5.74, 6) is -0.269. The van der Waals surface area contributed by atoms with E-state index in [1.165, 1.54) is 0 Å². The van der Waals surface area contributed by atoms with Crippen LogP contribution in [0, 0.1) is 5.92 Å². The maximum Gasteiger partial charge on any atom is 0.313 e. The zero-order chi connectivity index (χ0) is 18.4. The van der Waals surface area contributed by atoms with E-state index in [2.05, 4.69) is 25.5 Å². The highest BCUT2D eigenvalue weighted by Gasteiger charge is 2.22. The number of aromatic nitrogens is 2. The van der Waals surface area contributed by atoms with Gasteiger partial charge in [0.2, 0.25) is 5.95 Å². The quantitative estimate of drug-likeness (QED) is 0.801. The van der Waals surface area contributed by atoms with Gasteiger partial charge in [-0.25, -0.2) is 9.97 Å². The van der Waals surface area contributed by atoms with Crippen LogP contribution in [0.2, 0.25) is 5.02 Å². The number of halogens is 1. The summed E-state index contributed by atoms with van der Waals surface area (Å²) in [5, 5.41) is 5.74. The summed E-state index contributed by atoms with van der Waals surface area (Å²) in [4.78, 5) is 34.6. The minimum absolute atomic E-state index is 0.331. The molecule has 0 radical (unpaired) electrons. The van der Waals surface area contributed by atoms with E-state index in [9.17, 15) is 9.59 Å². The maximum absolute atomic E-state index is 12.0. The van der Waals surface area contributed by atoms with Crippen molar-refractivity contribution in [2.45, 2.75) is 12.8 Å². The van der Waals surface area contributed by atoms with Crippen molar-refractivity contribution in [3.05, 3.63) is 47.7 Å². The molecule has 1 aromatic carbocycles. The number of rotatable bonds is 4. The fourth-order valence-electron chi connectivity index (χ4n) is 2.86. The van der Waals surface area contributed by atoms with Gasteiger partial charge in [-0.15, -0.1) is 0 Å². The predicted molar refractivity (Wildman–Crippen MR) is 100 cm³/mol. The number of piperidine rings is 1. The molecule has 3 rings (SSSR count). The Kier molecular flexibility index (Phi) is 6.01. The van der Waals surface area contributed by atoms with Gasteiger partial charge in [-0.2, -0.15) is 0 Å². The van der Waals surface area contributed by atoms with E-state index >= 15 is 0 Å². The number of anilines is 2. The van der Waals surface area contributed by atoms with Crippen molar-refractivity contribution in [3.63, 3.8) is 0 Å². The van der Waals surface area contributed by atoms with Crippen molar-refractivity contribution in [1.29, 1.82) is 0 Å². The minimum Gasteiger partial charge on any atom is -0.348 e. The van der Waals surface area contributed by atoms with Crippen LogP contribution in [-0.4, -0.2) is 41.4 Å². The smallest absolute Gasteiger partial charge is 0.313 e. The van der Waals surface area contributed by atoms with E-state index in [0.29, 0.717) is 23.2 Å². The molecule has 1 aliphatic rings. The number of hydrogen-bond acceptors (Lipinski definition) is 5. The van der Waals surface area contributed by atoms with Crippen LogP contribution in [0.15, 0.2) is 42.7 Å². The molecule has 0 bridgehead atoms. The molecule has 136 valence electrons. The second kappa shape index (κ2) is 8.62. The third kappa shape index (κ3) is 4.92. The molecule has 0 atom stereocenters. The molecule has 0 saturated carbocycles. The normalized spacial score (nSPS) is 14.7. The van der Waals surface area contributed by atoms with Gasteiger partial charge in [0.15, 0.2) is 0 Å². The average molecular weight is 374 g/mol. The Hall–Kier alpha value is -2.67. The average Bonchev–Trinajstić information content (AvgIpc) is 2.67. The summed E-state index contributed by atoms with van der Waals surface area (Å²) < 4.78 is 0. The molecular formula is C18H20ClN5O2. The number of benzene rings is 1. The van der Waals surface area contributed by atoms with Crippen LogP contribution in [0.1, 0.15) is 12.8 Å². The lowest BCUT2D eigenvalue weighted by Crippen LogP contribution is -2.42. The Morgan fingerprint density at radius 2 is 1.85 bits per heavy atom. The number of nitrogens with zero attached hydrogens (tertiary/aromatic N) is 3. The Bertz CT molecular complexity index is 763. The molecule has 7 nitrogen and oxygen atoms in total. The Morgan fingerprint density at radius 3 is 2.54 bits per heavy atom. The van der Waals surface area contributed by atoms with Gasteiger partial charge in [0.05, 0.1) is 0 Å². The summed E-state index contributed by atoms with van der Waals surface area (Å²) in [6.45, 7) is 2.14. The highest BCUT2D eigenvalue weighted by atomic mass is 35.5. The van der Waals surface area contributed by atoms with Crippen LogP contribution in [0.3, 0.4) is 0 Å². The monoisotopic (exact) mass is 373 g/mol. The first-order valence-electron chi connectivity index (χ1n) is 8.48. The minimum atomic E-state index is -0.692. The first kappa shape index (κ1) is 18.1. The fraction of sp³-hybridized carbons (Fsp3) is 0.333. The van der Waals surface area contributed by atoms with Crippen molar-refractivity contribution in [2.75, 3.05) is 29.9 Å². The summed E-state index contributed by atoms with van der Waals surface area (Å²) in [7, 11) is 0. The van der Waals surface area contributed by atoms with E-state index in [-0.39, 0.29) is 0 Å². The third-order valence-electron chi connectivity index (χ3n) is 4.29. The highest BCUT2D eigenvalue weighted by molar-refractivity contribution is 6.39. The molecule has 2 N–H and O–H groups in total. The number of carbonyl (C=O) groups is 2. The van der Waals surface area contributed by atoms with Gasteiger partial charge in [-0.05, 0) is 43.0 Å². The lowest BCUT2D eigenvalue weighted by molar-refractivity contribution is -0.136. The fourth-order valence-corrected chi connectivity index (χ4v) is 3.05. The van der Waals surface area contributed by atoms with Gasteiger partial charge >= 0.3 is 11.8 Å². The van der Waals surface area contributed by atoms with Crippen molar-refractivity contribution < 1.29 is 9.59 Å². The molecule has 2 heterocycles. The van der Waals surface area contributed by atoms with Gasteiger partial charge in [-0.3, -0.25) is 9.59 Å². The van der Waals surface area contributed by atoms with E-state index in [1.807, 2.05) is 0 Å². The summed E-state index contributed by atoms with van der Waals surface area (Å²) in [5.41, 5.74) is 0.494. The lowest BCUT2D eigenvalue weighted by Gasteiger charge is -2.31. The predicted octanol–water partition coefficient (Wildman–Crippen LogP) is 2.10. The van der Waals surface area contributed by atoms with Crippen molar-refractivity contribution >= 4 is 35.1 Å². The molecule has 1 fully saturated rings. The van der Waals surface area contributed by atoms with Crippen LogP contribution in [-0.2, 0) is 9.59 Å². The zero-order valence-electron chi connectivity index (χ0n) is 14.2. The lowest BCUT2D eigenvalue weighted by atomic mass is 9.97. The first-order chi connectivity index (χ1) is 12.6. The van der Waals surface area contributed by atoms with Crippen LogP contribution in [0.5, 0.6) is 0 Å². The standard InChI is InChI=1S/C18H20ClN5O2/c19-14-3-1-4-15(11-14)23-17(26)16(25)22-12-13-5-9-24(10-6-13)18-20-7-2-8-21-18/h1-4,7-8,11,13H,5-6,9-10,12H2,(H,22,25)(H,23,26). The first-order valence-corrected chi connectivity index (χ1v) is 8.86.